The highest BCUT2D eigenvalue weighted by molar-refractivity contribution is 5.98. The zero-order chi connectivity index (χ0) is 28.9. The molecule has 1 aromatic heterocycles. The van der Waals surface area contributed by atoms with Crippen LogP contribution in [0.25, 0.3) is 0 Å². The van der Waals surface area contributed by atoms with E-state index in [1.165, 1.54) is 13.0 Å². The molecular weight excluding hydrogens is 531 g/mol. The lowest BCUT2D eigenvalue weighted by molar-refractivity contribution is -0.272. The third-order valence-corrected chi connectivity index (χ3v) is 7.39. The van der Waals surface area contributed by atoms with E-state index < -0.39 is 65.0 Å². The van der Waals surface area contributed by atoms with Crippen molar-refractivity contribution in [3.05, 3.63) is 47.2 Å². The van der Waals surface area contributed by atoms with Crippen molar-refractivity contribution in [2.75, 3.05) is 30.4 Å². The third-order valence-electron chi connectivity index (χ3n) is 7.39. The number of β-amino-alcohol motifs (C(OH)–C–C–N with tert-alkyl or cyclic N) is 1. The number of aromatic nitrogens is 1. The molecule has 14 heteroatoms. The van der Waals surface area contributed by atoms with Crippen molar-refractivity contribution in [1.29, 1.82) is 0 Å². The molecule has 4 N–H and O–H groups in total. The Balaban J connectivity index is 1.75. The number of hydrogen-bond donors (Lipinski definition) is 3. The lowest BCUT2D eigenvalue weighted by Crippen LogP contribution is -2.47. The van der Waals surface area contributed by atoms with Gasteiger partial charge >= 0.3 is 6.18 Å². The van der Waals surface area contributed by atoms with Crippen molar-refractivity contribution in [1.82, 2.24) is 4.98 Å². The van der Waals surface area contributed by atoms with E-state index >= 15 is 0 Å². The number of alkyl halides is 3. The van der Waals surface area contributed by atoms with Gasteiger partial charge in [0.25, 0.3) is 11.8 Å². The molecule has 0 spiro atoms. The molecule has 5 atom stereocenters. The highest BCUT2D eigenvalue weighted by Crippen LogP contribution is 2.55. The van der Waals surface area contributed by atoms with Crippen LogP contribution in [-0.2, 0) is 9.53 Å². The minimum absolute atomic E-state index is 0.0203. The second kappa shape index (κ2) is 10.2. The van der Waals surface area contributed by atoms with Crippen LogP contribution in [0.1, 0.15) is 42.2 Å². The molecule has 0 aliphatic carbocycles. The van der Waals surface area contributed by atoms with E-state index in [1.54, 1.807) is 4.90 Å². The van der Waals surface area contributed by atoms with Gasteiger partial charge in [0, 0.05) is 42.2 Å². The normalized spacial score (nSPS) is 27.1. The van der Waals surface area contributed by atoms with Gasteiger partial charge < -0.3 is 30.5 Å². The number of ether oxygens (including phenoxy) is 2. The number of amides is 2. The predicted molar refractivity (Wildman–Crippen MR) is 128 cm³/mol. The van der Waals surface area contributed by atoms with Crippen molar-refractivity contribution in [3.63, 3.8) is 0 Å². The zero-order valence-electron chi connectivity index (χ0n) is 21.2. The van der Waals surface area contributed by atoms with Crippen LogP contribution >= 0.6 is 0 Å². The van der Waals surface area contributed by atoms with Crippen molar-refractivity contribution >= 4 is 23.3 Å². The Labute approximate surface area is 220 Å². The van der Waals surface area contributed by atoms with Gasteiger partial charge in [0.15, 0.2) is 17.2 Å². The number of aliphatic hydroxyl groups is 1. The number of carbonyl (C=O) groups is 2. The minimum Gasteiger partial charge on any atom is -0.493 e. The number of rotatable bonds is 6. The summed E-state index contributed by atoms with van der Waals surface area (Å²) >= 11 is 0. The van der Waals surface area contributed by atoms with Crippen molar-refractivity contribution < 1.29 is 46.1 Å². The second-order valence-electron chi connectivity index (χ2n) is 9.78. The fourth-order valence-corrected chi connectivity index (χ4v) is 5.08. The number of nitrogens with zero attached hydrogens (tertiary/aromatic N) is 2. The number of hydrogen-bond acceptors (Lipinski definition) is 7. The molecule has 0 saturated carbocycles. The summed E-state index contributed by atoms with van der Waals surface area (Å²) in [5.41, 5.74) is 2.11. The van der Waals surface area contributed by atoms with E-state index in [4.69, 9.17) is 15.2 Å². The van der Waals surface area contributed by atoms with Crippen LogP contribution in [0, 0.1) is 17.6 Å². The first kappa shape index (κ1) is 28.5. The monoisotopic (exact) mass is 558 g/mol. The van der Waals surface area contributed by atoms with Crippen LogP contribution in [0.15, 0.2) is 24.3 Å². The number of carbonyl (C=O) groups excluding carboxylic acids is 2. The number of aliphatic hydroxyl groups excluding tert-OH is 1. The van der Waals surface area contributed by atoms with E-state index in [2.05, 4.69) is 10.3 Å². The van der Waals surface area contributed by atoms with Gasteiger partial charge in [0.1, 0.15) is 17.6 Å². The van der Waals surface area contributed by atoms with Gasteiger partial charge in [-0.2, -0.15) is 17.6 Å². The molecule has 3 heterocycles. The quantitative estimate of drug-likeness (QED) is 0.465. The first-order chi connectivity index (χ1) is 18.2. The van der Waals surface area contributed by atoms with E-state index in [-0.39, 0.29) is 29.3 Å². The molecule has 9 nitrogen and oxygen atoms in total. The molecule has 2 saturated heterocycles. The Morgan fingerprint density at radius 2 is 1.97 bits per heavy atom. The van der Waals surface area contributed by atoms with Crippen molar-refractivity contribution in [3.8, 4) is 5.75 Å². The highest BCUT2D eigenvalue weighted by Gasteiger charge is 2.66. The van der Waals surface area contributed by atoms with Crippen molar-refractivity contribution in [2.45, 2.75) is 50.2 Å². The summed E-state index contributed by atoms with van der Waals surface area (Å²) in [6, 6.07) is 4.30. The molecule has 2 amide bonds. The lowest BCUT2D eigenvalue weighted by atomic mass is 9.77. The molecule has 2 fully saturated rings. The van der Waals surface area contributed by atoms with Crippen LogP contribution in [0.2, 0.25) is 0 Å². The number of halogens is 5. The summed E-state index contributed by atoms with van der Waals surface area (Å²) in [5, 5.41) is 12.3. The maximum absolute atomic E-state index is 14.5. The Kier molecular flexibility index (Phi) is 7.47. The molecule has 0 radical (unpaired) electrons. The van der Waals surface area contributed by atoms with Gasteiger partial charge in [-0.25, -0.2) is 9.37 Å². The second-order valence-corrected chi connectivity index (χ2v) is 9.78. The van der Waals surface area contributed by atoms with Crippen LogP contribution in [0.3, 0.4) is 0 Å². The summed E-state index contributed by atoms with van der Waals surface area (Å²) in [6.45, 7) is 2.57. The smallest absolute Gasteiger partial charge is 0.417 e. The first-order valence-electron chi connectivity index (χ1n) is 12.0. The summed E-state index contributed by atoms with van der Waals surface area (Å²) in [4.78, 5) is 31.1. The number of pyridine rings is 1. The zero-order valence-corrected chi connectivity index (χ0v) is 21.2. The van der Waals surface area contributed by atoms with Crippen LogP contribution in [-0.4, -0.2) is 66.1 Å². The standard InChI is InChI=1S/C25H27F5N4O5/c1-11-18(14-4-5-15(26)19(27)20(14)38-3)21(39-24(11,2)25(28,29)30)23(37)32-12-8-16(22(31)36)33-17(9-12)34-7-6-13(35)10-34/h4-5,8-9,11,13,18,21,35H,6-7,10H2,1-3H3,(H2,31,36)(H,32,33,37)/t11-,13?,18-,21+,24+/m0/s1. The maximum Gasteiger partial charge on any atom is 0.417 e. The number of benzene rings is 1. The Morgan fingerprint density at radius 1 is 1.28 bits per heavy atom. The Morgan fingerprint density at radius 3 is 2.54 bits per heavy atom. The van der Waals surface area contributed by atoms with Gasteiger partial charge in [0.2, 0.25) is 5.82 Å². The number of nitrogens with one attached hydrogen (secondary N) is 1. The van der Waals surface area contributed by atoms with E-state index in [0.717, 1.165) is 32.2 Å². The maximum atomic E-state index is 14.5. The molecule has 2 aromatic rings. The number of nitrogens with two attached hydrogens (primary N) is 1. The van der Waals surface area contributed by atoms with Crippen LogP contribution in [0.5, 0.6) is 5.75 Å². The molecule has 0 bridgehead atoms. The highest BCUT2D eigenvalue weighted by atomic mass is 19.4. The number of primary amides is 1. The summed E-state index contributed by atoms with van der Waals surface area (Å²) in [7, 11) is 1.03. The summed E-state index contributed by atoms with van der Waals surface area (Å²) in [6.07, 6.45) is -6.95. The Hall–Kier alpha value is -3.52. The molecule has 2 aliphatic heterocycles. The third kappa shape index (κ3) is 5.10. The lowest BCUT2D eigenvalue weighted by Gasteiger charge is -2.32. The van der Waals surface area contributed by atoms with E-state index in [9.17, 15) is 36.6 Å². The fraction of sp³-hybridized carbons (Fsp3) is 0.480. The summed E-state index contributed by atoms with van der Waals surface area (Å²) < 4.78 is 81.3. The Bertz CT molecular complexity index is 1290. The van der Waals surface area contributed by atoms with Crippen LogP contribution < -0.4 is 20.7 Å². The largest absolute Gasteiger partial charge is 0.493 e. The van der Waals surface area contributed by atoms with Gasteiger partial charge in [-0.3, -0.25) is 9.59 Å². The molecular formula is C25H27F5N4O5. The molecule has 212 valence electrons. The van der Waals surface area contributed by atoms with E-state index in [0.29, 0.717) is 13.0 Å². The van der Waals surface area contributed by atoms with Gasteiger partial charge in [-0.1, -0.05) is 13.0 Å². The minimum atomic E-state index is -4.93. The molecule has 1 unspecified atom stereocenters. The van der Waals surface area contributed by atoms with Gasteiger partial charge in [0.05, 0.1) is 13.2 Å². The summed E-state index contributed by atoms with van der Waals surface area (Å²) in [5.74, 6) is -7.95. The number of anilines is 2. The van der Waals surface area contributed by atoms with Crippen LogP contribution in [0.4, 0.5) is 33.5 Å². The van der Waals surface area contributed by atoms with Gasteiger partial charge in [-0.05, 0) is 25.5 Å². The molecule has 4 rings (SSSR count). The van der Waals surface area contributed by atoms with E-state index in [1.807, 2.05) is 0 Å². The number of methoxy groups -OCH3 is 1. The average molecular weight is 559 g/mol. The van der Waals surface area contributed by atoms with Gasteiger partial charge in [-0.15, -0.1) is 0 Å². The SMILES string of the molecule is COc1c([C@H]2[C@H](C(=O)Nc3cc(C(N)=O)nc(N4CCC(O)C4)c3)O[C@@](C)(C(F)(F)F)[C@H]2C)ccc(F)c1F. The first-order valence-corrected chi connectivity index (χ1v) is 12.0. The fourth-order valence-electron chi connectivity index (χ4n) is 5.08. The van der Waals surface area contributed by atoms with Crippen molar-refractivity contribution in [2.24, 2.45) is 11.7 Å². The molecule has 1 aromatic carbocycles. The molecule has 39 heavy (non-hydrogen) atoms. The topological polar surface area (TPSA) is 127 Å². The average Bonchev–Trinajstić information content (AvgIpc) is 3.42. The predicted octanol–water partition coefficient (Wildman–Crippen LogP) is 3.12. The molecule has 2 aliphatic rings.